The molecule has 1 fully saturated rings. The Bertz CT molecular complexity index is 814. The minimum absolute atomic E-state index is 0.000912. The smallest absolute Gasteiger partial charge is 0.323 e. The van der Waals surface area contributed by atoms with Gasteiger partial charge >= 0.3 is 6.03 Å². The first-order valence-electron chi connectivity index (χ1n) is 8.61. The van der Waals surface area contributed by atoms with Crippen molar-refractivity contribution in [1.82, 2.24) is 9.88 Å². The summed E-state index contributed by atoms with van der Waals surface area (Å²) in [7, 11) is 0. The lowest BCUT2D eigenvalue weighted by Gasteiger charge is -2.32. The van der Waals surface area contributed by atoms with Crippen LogP contribution in [0.15, 0.2) is 30.3 Å². The van der Waals surface area contributed by atoms with Crippen LogP contribution in [0.3, 0.4) is 0 Å². The molecule has 0 bridgehead atoms. The molecule has 2 amide bonds. The molecule has 3 rings (SSSR count). The quantitative estimate of drug-likeness (QED) is 0.858. The lowest BCUT2D eigenvalue weighted by molar-refractivity contribution is -0.0337. The number of aromatic nitrogens is 1. The van der Waals surface area contributed by atoms with E-state index < -0.39 is 5.82 Å². The number of hydrogen-bond acceptors (Lipinski definition) is 4. The maximum atomic E-state index is 13.2. The zero-order chi connectivity index (χ0) is 19.4. The number of nitrogens with zero attached hydrogens (tertiary/aromatic N) is 2. The number of amides is 2. The molecule has 1 N–H and O–H groups in total. The van der Waals surface area contributed by atoms with Crippen molar-refractivity contribution in [2.24, 2.45) is 0 Å². The van der Waals surface area contributed by atoms with Gasteiger partial charge in [0.15, 0.2) is 0 Å². The maximum absolute atomic E-state index is 13.2. The Morgan fingerprint density at radius 3 is 2.96 bits per heavy atom. The zero-order valence-electron chi connectivity index (χ0n) is 15.2. The molecule has 0 aliphatic carbocycles. The Kier molecular flexibility index (Phi) is 6.13. The van der Waals surface area contributed by atoms with E-state index in [0.717, 1.165) is 11.3 Å². The van der Waals surface area contributed by atoms with Gasteiger partial charge in [-0.15, -0.1) is 0 Å². The summed E-state index contributed by atoms with van der Waals surface area (Å²) in [5.41, 5.74) is 1.88. The molecule has 0 spiro atoms. The monoisotopic (exact) mass is 393 g/mol. The summed E-state index contributed by atoms with van der Waals surface area (Å²) < 4.78 is 24.5. The SMILES string of the molecule is Cc1cc(C)nc(NC(=O)N2CCOC(COc3ccc(F)c(Cl)c3)C2)c1. The van der Waals surface area contributed by atoms with Crippen LogP contribution in [-0.4, -0.2) is 48.3 Å². The van der Waals surface area contributed by atoms with E-state index in [4.69, 9.17) is 21.1 Å². The number of carbonyl (C=O) groups excluding carboxylic acids is 1. The third kappa shape index (κ3) is 5.30. The minimum atomic E-state index is -0.499. The number of carbonyl (C=O) groups is 1. The summed E-state index contributed by atoms with van der Waals surface area (Å²) in [5, 5.41) is 2.82. The molecular formula is C19H21ClFN3O3. The van der Waals surface area contributed by atoms with Crippen molar-refractivity contribution in [2.75, 3.05) is 31.6 Å². The predicted molar refractivity (Wildman–Crippen MR) is 101 cm³/mol. The maximum Gasteiger partial charge on any atom is 0.323 e. The van der Waals surface area contributed by atoms with E-state index >= 15 is 0 Å². The van der Waals surface area contributed by atoms with Gasteiger partial charge in [-0.3, -0.25) is 5.32 Å². The number of rotatable bonds is 4. The number of urea groups is 1. The number of hydrogen-bond donors (Lipinski definition) is 1. The Morgan fingerprint density at radius 1 is 1.41 bits per heavy atom. The van der Waals surface area contributed by atoms with Gasteiger partial charge < -0.3 is 14.4 Å². The fraction of sp³-hybridized carbons (Fsp3) is 0.368. The van der Waals surface area contributed by atoms with Gasteiger partial charge in [-0.2, -0.15) is 0 Å². The van der Waals surface area contributed by atoms with E-state index in [9.17, 15) is 9.18 Å². The molecule has 1 aromatic heterocycles. The van der Waals surface area contributed by atoms with Crippen LogP contribution >= 0.6 is 11.6 Å². The second-order valence-electron chi connectivity index (χ2n) is 6.43. The van der Waals surface area contributed by atoms with Gasteiger partial charge in [0.25, 0.3) is 0 Å². The van der Waals surface area contributed by atoms with E-state index in [1.807, 2.05) is 26.0 Å². The second kappa shape index (κ2) is 8.54. The molecule has 0 saturated carbocycles. The number of anilines is 1. The highest BCUT2D eigenvalue weighted by molar-refractivity contribution is 6.30. The van der Waals surface area contributed by atoms with Crippen LogP contribution in [0.25, 0.3) is 0 Å². The molecule has 0 radical (unpaired) electrons. The van der Waals surface area contributed by atoms with Crippen molar-refractivity contribution in [3.05, 3.63) is 52.4 Å². The third-order valence-electron chi connectivity index (χ3n) is 4.09. The molecule has 1 atom stereocenters. The molecule has 8 heteroatoms. The average Bonchev–Trinajstić information content (AvgIpc) is 2.62. The Hall–Kier alpha value is -2.38. The first-order chi connectivity index (χ1) is 12.9. The fourth-order valence-corrected chi connectivity index (χ4v) is 3.02. The first-order valence-corrected chi connectivity index (χ1v) is 8.99. The average molecular weight is 394 g/mol. The molecule has 1 aliphatic rings. The molecular weight excluding hydrogens is 373 g/mol. The molecule has 1 saturated heterocycles. The zero-order valence-corrected chi connectivity index (χ0v) is 15.9. The van der Waals surface area contributed by atoms with Crippen LogP contribution in [-0.2, 0) is 4.74 Å². The number of nitrogens with one attached hydrogen (secondary N) is 1. The lowest BCUT2D eigenvalue weighted by atomic mass is 10.2. The topological polar surface area (TPSA) is 63.7 Å². The Balaban J connectivity index is 1.55. The van der Waals surface area contributed by atoms with Gasteiger partial charge in [-0.1, -0.05) is 11.6 Å². The number of halogens is 2. The van der Waals surface area contributed by atoms with Crippen molar-refractivity contribution in [1.29, 1.82) is 0 Å². The van der Waals surface area contributed by atoms with Crippen LogP contribution in [0.5, 0.6) is 5.75 Å². The fourth-order valence-electron chi connectivity index (χ4n) is 2.85. The van der Waals surface area contributed by atoms with Crippen LogP contribution in [0, 0.1) is 19.7 Å². The van der Waals surface area contributed by atoms with Crippen LogP contribution < -0.4 is 10.1 Å². The highest BCUT2D eigenvalue weighted by Gasteiger charge is 2.25. The summed E-state index contributed by atoms with van der Waals surface area (Å²) >= 11 is 5.75. The summed E-state index contributed by atoms with van der Waals surface area (Å²) in [6.45, 7) is 5.33. The van der Waals surface area contributed by atoms with Gasteiger partial charge in [0.05, 0.1) is 18.2 Å². The normalized spacial score (nSPS) is 16.9. The standard InChI is InChI=1S/C19H21ClFN3O3/c1-12-7-13(2)22-18(8-12)23-19(25)24-5-6-26-15(10-24)11-27-14-3-4-17(21)16(20)9-14/h3-4,7-9,15H,5-6,10-11H2,1-2H3,(H,22,23,25). The van der Waals surface area contributed by atoms with Crippen molar-refractivity contribution in [2.45, 2.75) is 20.0 Å². The van der Waals surface area contributed by atoms with E-state index in [0.29, 0.717) is 31.3 Å². The van der Waals surface area contributed by atoms with Crippen molar-refractivity contribution >= 4 is 23.4 Å². The molecule has 1 aromatic carbocycles. The molecule has 2 heterocycles. The van der Waals surface area contributed by atoms with Crippen molar-refractivity contribution in [3.8, 4) is 5.75 Å². The highest BCUT2D eigenvalue weighted by Crippen LogP contribution is 2.21. The highest BCUT2D eigenvalue weighted by atomic mass is 35.5. The molecule has 6 nitrogen and oxygen atoms in total. The van der Waals surface area contributed by atoms with E-state index in [-0.39, 0.29) is 23.8 Å². The summed E-state index contributed by atoms with van der Waals surface area (Å²) in [6, 6.07) is 7.70. The van der Waals surface area contributed by atoms with Crippen molar-refractivity contribution in [3.63, 3.8) is 0 Å². The number of benzene rings is 1. The van der Waals surface area contributed by atoms with Crippen LogP contribution in [0.4, 0.5) is 15.0 Å². The van der Waals surface area contributed by atoms with Crippen LogP contribution in [0.1, 0.15) is 11.3 Å². The molecule has 144 valence electrons. The summed E-state index contributed by atoms with van der Waals surface area (Å²) in [6.07, 6.45) is -0.291. The Morgan fingerprint density at radius 2 is 2.22 bits per heavy atom. The van der Waals surface area contributed by atoms with Gasteiger partial charge in [-0.05, 0) is 43.7 Å². The molecule has 2 aromatic rings. The summed E-state index contributed by atoms with van der Waals surface area (Å²) in [4.78, 5) is 18.5. The Labute approximate surface area is 162 Å². The number of aryl methyl sites for hydroxylation is 2. The van der Waals surface area contributed by atoms with Gasteiger partial charge in [0.1, 0.15) is 30.1 Å². The summed E-state index contributed by atoms with van der Waals surface area (Å²) in [5.74, 6) is 0.476. The second-order valence-corrected chi connectivity index (χ2v) is 6.83. The largest absolute Gasteiger partial charge is 0.491 e. The number of morpholine rings is 1. The molecule has 1 aliphatic heterocycles. The minimum Gasteiger partial charge on any atom is -0.491 e. The number of ether oxygens (including phenoxy) is 2. The van der Waals surface area contributed by atoms with Crippen molar-refractivity contribution < 1.29 is 18.7 Å². The molecule has 1 unspecified atom stereocenters. The van der Waals surface area contributed by atoms with E-state index in [2.05, 4.69) is 10.3 Å². The predicted octanol–water partition coefficient (Wildman–Crippen LogP) is 3.80. The lowest BCUT2D eigenvalue weighted by Crippen LogP contribution is -2.49. The van der Waals surface area contributed by atoms with E-state index in [1.165, 1.54) is 18.2 Å². The van der Waals surface area contributed by atoms with Gasteiger partial charge in [0, 0.05) is 18.3 Å². The first kappa shape index (κ1) is 19.4. The molecule has 27 heavy (non-hydrogen) atoms. The third-order valence-corrected chi connectivity index (χ3v) is 4.38. The van der Waals surface area contributed by atoms with E-state index in [1.54, 1.807) is 4.90 Å². The van der Waals surface area contributed by atoms with Crippen LogP contribution in [0.2, 0.25) is 5.02 Å². The van der Waals surface area contributed by atoms with Gasteiger partial charge in [0.2, 0.25) is 0 Å². The van der Waals surface area contributed by atoms with Gasteiger partial charge in [-0.25, -0.2) is 14.2 Å². The number of pyridine rings is 1.